The van der Waals surface area contributed by atoms with Gasteiger partial charge in [0.15, 0.2) is 0 Å². The summed E-state index contributed by atoms with van der Waals surface area (Å²) in [7, 11) is 4.93. The Morgan fingerprint density at radius 2 is 2.03 bits per heavy atom. The molecule has 2 amide bonds. The first-order valence-electron chi connectivity index (χ1n) is 9.81. The summed E-state index contributed by atoms with van der Waals surface area (Å²) in [6.07, 6.45) is 1.96. The Bertz CT molecular complexity index is 724. The van der Waals surface area contributed by atoms with E-state index >= 15 is 0 Å². The predicted molar refractivity (Wildman–Crippen MR) is 126 cm³/mol. The molecule has 8 nitrogen and oxygen atoms in total. The maximum absolute atomic E-state index is 12.2. The van der Waals surface area contributed by atoms with Crippen LogP contribution in [0.25, 0.3) is 0 Å². The van der Waals surface area contributed by atoms with Crippen molar-refractivity contribution in [3.8, 4) is 17.6 Å². The minimum absolute atomic E-state index is 0.0330. The quantitative estimate of drug-likeness (QED) is 0.145. The lowest BCUT2D eigenvalue weighted by atomic mass is 10.2. The van der Waals surface area contributed by atoms with Crippen LogP contribution in [0.5, 0.6) is 5.75 Å². The van der Waals surface area contributed by atoms with Crippen molar-refractivity contribution in [2.75, 3.05) is 59.4 Å². The summed E-state index contributed by atoms with van der Waals surface area (Å²) in [5.41, 5.74) is 0.320. The maximum Gasteiger partial charge on any atom is 0.251 e. The first-order chi connectivity index (χ1) is 15.1. The highest BCUT2D eigenvalue weighted by Gasteiger charge is 2.12. The van der Waals surface area contributed by atoms with E-state index in [1.165, 1.54) is 10.8 Å². The molecule has 0 saturated carbocycles. The second-order valence-electron chi connectivity index (χ2n) is 6.02. The lowest BCUT2D eigenvalue weighted by Gasteiger charge is -2.17. The summed E-state index contributed by atoms with van der Waals surface area (Å²) >= 11 is 0. The van der Waals surface area contributed by atoms with Crippen LogP contribution in [0.15, 0.2) is 24.3 Å². The van der Waals surface area contributed by atoms with E-state index in [0.29, 0.717) is 50.8 Å². The molecule has 1 unspecified atom stereocenters. The van der Waals surface area contributed by atoms with E-state index in [-0.39, 0.29) is 23.9 Å². The minimum Gasteiger partial charge on any atom is -0.490 e. The van der Waals surface area contributed by atoms with Crippen molar-refractivity contribution in [1.29, 1.82) is 0 Å². The lowest BCUT2D eigenvalue weighted by Crippen LogP contribution is -2.30. The molecule has 10 heteroatoms. The van der Waals surface area contributed by atoms with Crippen LogP contribution >= 0.6 is 21.6 Å². The van der Waals surface area contributed by atoms with Gasteiger partial charge in [-0.3, -0.25) is 9.59 Å². The number of hydrogen-bond donors (Lipinski definition) is 3. The Kier molecular flexibility index (Phi) is 15.5. The number of hydrogen-bond acceptors (Lipinski definition) is 8. The predicted octanol–water partition coefficient (Wildman–Crippen LogP) is 1.52. The number of carbonyl (C=O) groups is 2. The van der Waals surface area contributed by atoms with Crippen molar-refractivity contribution in [3.63, 3.8) is 0 Å². The number of rotatable bonds is 16. The van der Waals surface area contributed by atoms with Gasteiger partial charge < -0.3 is 30.2 Å². The molecule has 172 valence electrons. The van der Waals surface area contributed by atoms with Gasteiger partial charge in [0.05, 0.1) is 19.8 Å². The Morgan fingerprint density at radius 1 is 1.19 bits per heavy atom. The summed E-state index contributed by atoms with van der Waals surface area (Å²) in [5.74, 6) is 5.70. The average Bonchev–Trinajstić information content (AvgIpc) is 2.77. The fourth-order valence-electron chi connectivity index (χ4n) is 2.19. The zero-order valence-corrected chi connectivity index (χ0v) is 19.8. The number of likely N-dealkylation sites (N-methyl/N-ethyl adjacent to an activating group) is 1. The largest absolute Gasteiger partial charge is 0.490 e. The van der Waals surface area contributed by atoms with Crippen LogP contribution in [0.1, 0.15) is 17.3 Å². The minimum atomic E-state index is -0.222. The van der Waals surface area contributed by atoms with Crippen LogP contribution in [-0.2, 0) is 14.3 Å². The molecule has 1 aromatic carbocycles. The average molecular weight is 470 g/mol. The normalized spacial score (nSPS) is 11.2. The zero-order valence-electron chi connectivity index (χ0n) is 18.2. The first kappa shape index (κ1) is 27.1. The van der Waals surface area contributed by atoms with E-state index in [1.807, 2.05) is 13.3 Å². The van der Waals surface area contributed by atoms with Crippen LogP contribution in [0.3, 0.4) is 0 Å². The van der Waals surface area contributed by atoms with Gasteiger partial charge in [0.25, 0.3) is 5.91 Å². The second kappa shape index (κ2) is 17.7. The van der Waals surface area contributed by atoms with E-state index in [0.717, 1.165) is 0 Å². The topological polar surface area (TPSA) is 97.9 Å². The fraction of sp³-hybridized carbons (Fsp3) is 0.524. The molecule has 0 aliphatic heterocycles. The van der Waals surface area contributed by atoms with Crippen LogP contribution in [0.2, 0.25) is 0 Å². The van der Waals surface area contributed by atoms with Crippen molar-refractivity contribution >= 4 is 33.4 Å². The van der Waals surface area contributed by atoms with Gasteiger partial charge in [0.2, 0.25) is 5.91 Å². The monoisotopic (exact) mass is 469 g/mol. The number of amides is 2. The standard InChI is InChI=1S/C21H31N3O5S2/c1-4-5-9-23-19(25)15-27-12-13-28-20(31-30-3)16-29-18-8-6-7-17(14-18)21(26)24-11-10-22-2/h6-8,14,20,22H,9-13,15-16H2,1-3H3,(H,23,25)(H,24,26). The van der Waals surface area contributed by atoms with E-state index in [1.54, 1.807) is 42.0 Å². The molecule has 0 saturated heterocycles. The Hall–Kier alpha value is -1.90. The van der Waals surface area contributed by atoms with Crippen molar-refractivity contribution in [1.82, 2.24) is 16.0 Å². The first-order valence-corrected chi connectivity index (χ1v) is 12.4. The van der Waals surface area contributed by atoms with Crippen LogP contribution < -0.4 is 20.7 Å². The summed E-state index contributed by atoms with van der Waals surface area (Å²) in [6.45, 7) is 4.19. The molecule has 0 spiro atoms. The van der Waals surface area contributed by atoms with E-state index < -0.39 is 0 Å². The van der Waals surface area contributed by atoms with Gasteiger partial charge in [-0.1, -0.05) is 33.6 Å². The third-order valence-electron chi connectivity index (χ3n) is 3.66. The highest BCUT2D eigenvalue weighted by Crippen LogP contribution is 2.25. The SMILES string of the molecule is CC#CCNC(=O)COCCOC(COc1cccc(C(=O)NCCNC)c1)SSC. The molecular weight excluding hydrogens is 438 g/mol. The Morgan fingerprint density at radius 3 is 2.77 bits per heavy atom. The number of ether oxygens (including phenoxy) is 3. The fourth-order valence-corrected chi connectivity index (χ4v) is 3.66. The summed E-state index contributed by atoms with van der Waals surface area (Å²) in [6, 6.07) is 7.04. The van der Waals surface area contributed by atoms with Gasteiger partial charge in [-0.2, -0.15) is 0 Å². The summed E-state index contributed by atoms with van der Waals surface area (Å²) < 4.78 is 16.9. The number of benzene rings is 1. The van der Waals surface area contributed by atoms with Gasteiger partial charge >= 0.3 is 0 Å². The van der Waals surface area contributed by atoms with Gasteiger partial charge in [0, 0.05) is 18.7 Å². The number of nitrogens with one attached hydrogen (secondary N) is 3. The number of carbonyl (C=O) groups excluding carboxylic acids is 2. The molecule has 3 N–H and O–H groups in total. The van der Waals surface area contributed by atoms with Gasteiger partial charge in [-0.05, 0) is 38.4 Å². The van der Waals surface area contributed by atoms with Gasteiger partial charge in [0.1, 0.15) is 24.4 Å². The third-order valence-corrected chi connectivity index (χ3v) is 5.56. The third kappa shape index (κ3) is 13.2. The highest BCUT2D eigenvalue weighted by molar-refractivity contribution is 8.76. The highest BCUT2D eigenvalue weighted by atomic mass is 33.1. The molecule has 1 rings (SSSR count). The van der Waals surface area contributed by atoms with Crippen molar-refractivity contribution in [2.24, 2.45) is 0 Å². The van der Waals surface area contributed by atoms with Crippen molar-refractivity contribution in [2.45, 2.75) is 12.4 Å². The molecule has 0 heterocycles. The molecule has 0 aliphatic carbocycles. The van der Waals surface area contributed by atoms with Crippen molar-refractivity contribution < 1.29 is 23.8 Å². The Balaban J connectivity index is 2.36. The van der Waals surface area contributed by atoms with E-state index in [2.05, 4.69) is 27.8 Å². The molecule has 0 aromatic heterocycles. The van der Waals surface area contributed by atoms with Crippen LogP contribution in [0.4, 0.5) is 0 Å². The summed E-state index contributed by atoms with van der Waals surface area (Å²) in [5, 5.41) is 8.45. The van der Waals surface area contributed by atoms with E-state index in [4.69, 9.17) is 14.2 Å². The second-order valence-corrected chi connectivity index (χ2v) is 8.65. The lowest BCUT2D eigenvalue weighted by molar-refractivity contribution is -0.126. The van der Waals surface area contributed by atoms with Crippen molar-refractivity contribution in [3.05, 3.63) is 29.8 Å². The molecule has 0 radical (unpaired) electrons. The van der Waals surface area contributed by atoms with Gasteiger partial charge in [-0.25, -0.2) is 0 Å². The van der Waals surface area contributed by atoms with E-state index in [9.17, 15) is 9.59 Å². The Labute approximate surface area is 192 Å². The molecule has 31 heavy (non-hydrogen) atoms. The smallest absolute Gasteiger partial charge is 0.251 e. The molecule has 0 bridgehead atoms. The molecule has 0 fully saturated rings. The van der Waals surface area contributed by atoms with Crippen LogP contribution in [-0.4, -0.2) is 76.6 Å². The van der Waals surface area contributed by atoms with Gasteiger partial charge in [-0.15, -0.1) is 5.92 Å². The molecule has 0 aliphatic rings. The molecule has 1 aromatic rings. The van der Waals surface area contributed by atoms with Crippen LogP contribution in [0, 0.1) is 11.8 Å². The molecule has 1 atom stereocenters. The maximum atomic E-state index is 12.2. The molecular formula is C21H31N3O5S2. The zero-order chi connectivity index (χ0) is 22.7. The summed E-state index contributed by atoms with van der Waals surface area (Å²) in [4.78, 5) is 23.7.